The maximum absolute atomic E-state index is 13.3. The molecule has 724 valence electrons. The maximum atomic E-state index is 13.3. The Kier molecular flexibility index (Phi) is 36.5. The molecular formula is C92H95Cl2N11O25S7. The minimum atomic E-state index is -0.946. The van der Waals surface area contributed by atoms with Crippen molar-refractivity contribution >= 4 is 193 Å². The van der Waals surface area contributed by atoms with Crippen molar-refractivity contribution in [3.63, 3.8) is 0 Å². The van der Waals surface area contributed by atoms with E-state index in [9.17, 15) is 68.5 Å². The quantitative estimate of drug-likeness (QED) is 0.0201. The van der Waals surface area contributed by atoms with E-state index in [0.717, 1.165) is 63.7 Å². The molecule has 7 atom stereocenters. The predicted octanol–water partition coefficient (Wildman–Crippen LogP) is 14.0. The summed E-state index contributed by atoms with van der Waals surface area (Å²) in [5.74, 6) is -1.70. The van der Waals surface area contributed by atoms with Gasteiger partial charge in [-0.05, 0) is 126 Å². The van der Waals surface area contributed by atoms with Gasteiger partial charge in [-0.3, -0.25) is 74.4 Å². The summed E-state index contributed by atoms with van der Waals surface area (Å²) in [6, 6.07) is 24.3. The number of nitrogens with zero attached hydrogens (tertiary/aromatic N) is 8. The molecule has 0 radical (unpaired) electrons. The molecule has 0 bridgehead atoms. The number of halogens is 2. The van der Waals surface area contributed by atoms with Gasteiger partial charge >= 0.3 is 23.9 Å². The van der Waals surface area contributed by atoms with Crippen molar-refractivity contribution in [3.05, 3.63) is 245 Å². The molecule has 0 aliphatic carbocycles. The number of thiophene rings is 7. The van der Waals surface area contributed by atoms with Crippen molar-refractivity contribution in [1.29, 1.82) is 0 Å². The van der Waals surface area contributed by atoms with Gasteiger partial charge in [-0.2, -0.15) is 0 Å². The number of carbonyl (C=O) groups excluding carboxylic acids is 7. The van der Waals surface area contributed by atoms with Crippen LogP contribution in [0.3, 0.4) is 0 Å². The molecule has 36 nitrogen and oxygen atoms in total. The molecule has 15 heterocycles. The highest BCUT2D eigenvalue weighted by molar-refractivity contribution is 7.11. The van der Waals surface area contributed by atoms with Gasteiger partial charge in [0.1, 0.15) is 41.6 Å². The van der Waals surface area contributed by atoms with Crippen LogP contribution in [0.15, 0.2) is 145 Å². The van der Waals surface area contributed by atoms with Crippen LogP contribution in [0.1, 0.15) is 109 Å². The monoisotopic (exact) mass is 2050 g/mol. The smallest absolute Gasteiger partial charge is 0.328 e. The van der Waals surface area contributed by atoms with E-state index in [1.54, 1.807) is 84.0 Å². The van der Waals surface area contributed by atoms with Gasteiger partial charge in [-0.15, -0.1) is 104 Å². The summed E-state index contributed by atoms with van der Waals surface area (Å²) < 4.78 is 45.8. The molecule has 0 unspecified atom stereocenters. The van der Waals surface area contributed by atoms with E-state index >= 15 is 0 Å². The molecule has 45 heteroatoms. The lowest BCUT2D eigenvalue weighted by molar-refractivity contribution is -0.385. The summed E-state index contributed by atoms with van der Waals surface area (Å²) in [7, 11) is 12.7. The van der Waals surface area contributed by atoms with E-state index in [1.165, 1.54) is 154 Å². The highest BCUT2D eigenvalue weighted by Gasteiger charge is 2.42. The second-order valence-electron chi connectivity index (χ2n) is 30.8. The van der Waals surface area contributed by atoms with E-state index in [4.69, 9.17) is 53.8 Å². The van der Waals surface area contributed by atoms with Gasteiger partial charge in [0.25, 0.3) is 35.0 Å². The van der Waals surface area contributed by atoms with Crippen molar-refractivity contribution < 1.29 is 111 Å². The molecule has 0 fully saturated rings. The summed E-state index contributed by atoms with van der Waals surface area (Å²) in [6.45, 7) is 3.07. The van der Waals surface area contributed by atoms with Crippen LogP contribution in [0.4, 0.5) is 22.7 Å². The van der Waals surface area contributed by atoms with Crippen LogP contribution >= 0.6 is 104 Å². The molecule has 19 rings (SSSR count). The third kappa shape index (κ3) is 24.1. The molecule has 11 aromatic rings. The van der Waals surface area contributed by atoms with E-state index < -0.39 is 75.1 Å². The number of phenolic OH excluding ortho intramolecular Hbond substituents is 1. The average molecular weight is 2050 g/mol. The number of aromatic hydroxyl groups is 1. The van der Waals surface area contributed by atoms with Gasteiger partial charge in [-0.1, -0.05) is 6.07 Å². The van der Waals surface area contributed by atoms with E-state index in [0.29, 0.717) is 85.6 Å². The fourth-order valence-corrected chi connectivity index (χ4v) is 22.3. The molecule has 8 aliphatic heterocycles. The fraction of sp³-hybridized carbons (Fsp3) is 0.315. The molecule has 137 heavy (non-hydrogen) atoms. The second-order valence-corrected chi connectivity index (χ2v) is 37.8. The minimum Gasteiger partial charge on any atom is -0.504 e. The molecular weight excluding hydrogens is 1950 g/mol. The maximum Gasteiger partial charge on any atom is 0.328 e. The average Bonchev–Trinajstić information content (AvgIpc) is 1.71. The minimum absolute atomic E-state index is 0. The number of nitro groups is 2. The number of hydrogen-bond donors (Lipinski definition) is 6. The van der Waals surface area contributed by atoms with Gasteiger partial charge in [0.2, 0.25) is 0 Å². The first-order chi connectivity index (χ1) is 65.1. The number of ether oxygens (including phenoxy) is 9. The van der Waals surface area contributed by atoms with Crippen LogP contribution in [-0.4, -0.2) is 217 Å². The number of carboxylic acids is 2. The molecule has 0 saturated carbocycles. The van der Waals surface area contributed by atoms with Crippen molar-refractivity contribution in [2.24, 2.45) is 15.7 Å². The Balaban J connectivity index is 0.000000156. The van der Waals surface area contributed by atoms with Crippen molar-refractivity contribution in [2.75, 3.05) is 64.0 Å². The number of aldehydes is 1. The Hall–Kier alpha value is -12.8. The van der Waals surface area contributed by atoms with Gasteiger partial charge in [0.15, 0.2) is 46.0 Å². The number of aliphatic carboxylic acids is 2. The van der Waals surface area contributed by atoms with Gasteiger partial charge in [0, 0.05) is 155 Å². The summed E-state index contributed by atoms with van der Waals surface area (Å²) >= 11 is 11.4. The van der Waals surface area contributed by atoms with E-state index in [1.807, 2.05) is 67.9 Å². The largest absolute Gasteiger partial charge is 0.504 e. The number of nitrogens with one attached hydrogen (secondary N) is 2. The number of nitrogens with two attached hydrogens (primary N) is 1. The Labute approximate surface area is 825 Å². The van der Waals surface area contributed by atoms with Crippen LogP contribution in [0, 0.1) is 20.2 Å². The number of fused-ring (bicyclic) bond motifs is 10. The van der Waals surface area contributed by atoms with Gasteiger partial charge in [0.05, 0.1) is 127 Å². The third-order valence-electron chi connectivity index (χ3n) is 23.1. The fourth-order valence-electron chi connectivity index (χ4n) is 15.8. The van der Waals surface area contributed by atoms with E-state index in [-0.39, 0.29) is 119 Å². The number of esters is 2. The number of benzene rings is 4. The third-order valence-corrected chi connectivity index (χ3v) is 29.9. The van der Waals surface area contributed by atoms with Crippen LogP contribution in [0.5, 0.6) is 46.0 Å². The highest BCUT2D eigenvalue weighted by Crippen LogP contribution is 2.44. The number of methoxy groups -OCH3 is 9. The topological polar surface area (TPSA) is 471 Å². The lowest BCUT2D eigenvalue weighted by Crippen LogP contribution is -2.48. The standard InChI is InChI=1S/C18H18N2O7S.C17H16N2O6S.C17H16N2O3S.C16H14N2O3S.C9H11NO2S.C8H9NO2S.C7H9NO2S.2ClH/c1-25-14-6-11(12(20(23)24)7-15(14)26-2)17(21)19-9-10-4-5-28-16(10)8-13(19)18(22)27-3;1-24-14-6-12(13(19(22)23)7-15(14)25-2)17(21)18-8-10-3-4-26-16(10)5-11(18)9-20;1-21-14-6-12-13(7-15(14)22-2)18-8-11-5-16-10(3-4-23-16)9-19(11)17(12)20;1-21-14-5-11-12(6-13(14)19)17-7-10-4-15-9(2-3-22-15)8-18(10)16(11)20;1-12-9(11)7-4-8-6(5-10-7)2-3-13-8;10-8(11)6-3-7-5(4-9-6)1-2-12-7;8-6(7(9)10)4-5-2-1-3-11-5;;/h4-7,13H,8-9H2,1-3H3;3-4,6-7,9,11H,5,8H2,1-2H3;3-4,6-8,11H,5,9H2,1-2H3;2-3,5-7,10,19H,4,8H2,1H3;2-3,7,10H,4-5H2,1H3;1-2,6,9H,3-4H2,(H,10,11);1-3,6H,4,8H2,(H,9,10);2*1H/t13-;2*11-;10-;7-;2*6-;;/m0000000../s1. The van der Waals surface area contributed by atoms with Gasteiger partial charge < -0.3 is 88.1 Å². The Morgan fingerprint density at radius 2 is 0.869 bits per heavy atom. The lowest BCUT2D eigenvalue weighted by Gasteiger charge is -2.33. The zero-order chi connectivity index (χ0) is 96.6. The first kappa shape index (κ1) is 105. The molecule has 4 aromatic carbocycles. The summed E-state index contributed by atoms with van der Waals surface area (Å²) in [4.78, 5) is 153. The van der Waals surface area contributed by atoms with Crippen LogP contribution in [0.25, 0.3) is 0 Å². The Morgan fingerprint density at radius 3 is 1.30 bits per heavy atom. The molecule has 4 amide bonds. The summed E-state index contributed by atoms with van der Waals surface area (Å²) in [5.41, 5.74) is 13.2. The molecule has 8 aliphatic rings. The van der Waals surface area contributed by atoms with Gasteiger partial charge in [-0.25, -0.2) is 4.79 Å². The van der Waals surface area contributed by atoms with Crippen molar-refractivity contribution in [2.45, 2.75) is 127 Å². The summed E-state index contributed by atoms with van der Waals surface area (Å²) in [6.07, 6.45) is 8.51. The lowest BCUT2D eigenvalue weighted by atomic mass is 9.99. The Morgan fingerprint density at radius 1 is 0.482 bits per heavy atom. The number of amides is 4. The number of rotatable bonds is 18. The van der Waals surface area contributed by atoms with Crippen molar-refractivity contribution in [3.8, 4) is 46.0 Å². The van der Waals surface area contributed by atoms with Crippen LogP contribution in [-0.2, 0) is 118 Å². The number of carboxylic acid groups (broad SMARTS) is 2. The number of phenols is 1. The summed E-state index contributed by atoms with van der Waals surface area (Å²) in [5, 5.41) is 70.1. The number of carbonyl (C=O) groups is 9. The molecule has 7 N–H and O–H groups in total. The first-order valence-corrected chi connectivity index (χ1v) is 47.7. The zero-order valence-corrected chi connectivity index (χ0v) is 82.2. The predicted molar refractivity (Wildman–Crippen MR) is 523 cm³/mol. The second kappa shape index (κ2) is 47.8. The first-order valence-electron chi connectivity index (χ1n) is 41.5. The zero-order valence-electron chi connectivity index (χ0n) is 74.9. The number of hydrogen-bond acceptors (Lipinski definition) is 35. The van der Waals surface area contributed by atoms with E-state index in [2.05, 4.69) is 59.7 Å². The molecule has 7 aromatic heterocycles. The number of nitro benzene ring substituents is 2. The van der Waals surface area contributed by atoms with Crippen molar-refractivity contribution in [1.82, 2.24) is 30.2 Å². The SMILES string of the molecule is COC(=O)[C@@H]1Cc2sccc2CN1.COC(=O)[C@@H]1Cc2sccc2CN1C(=O)c1cc(OC)c(OC)cc1[N+](=O)[O-].COc1cc(C(=O)N2Cc3ccsc3C[C@H]2C=O)c([N+](=O)[O-])cc1OC.COc1cc2c(cc1O)N=C[C@@H]1Cc3sccc3CN1C2=O.COc1cc2c(cc1OC)C(=O)N1Cc3ccsc3C[C@H]1C=N2.Cl.Cl.N[C@@H](Cc1cccs1)C(=O)O.O=C(O)[C@@H]1Cc2sccc2CN1. The van der Waals surface area contributed by atoms with Crippen LogP contribution < -0.4 is 49.5 Å². The molecule has 0 spiro atoms. The number of aliphatic imine (C=N–C) groups is 2. The Bertz CT molecular complexity index is 6310. The van der Waals surface area contributed by atoms with Crippen LogP contribution in [0.2, 0.25) is 0 Å². The highest BCUT2D eigenvalue weighted by atomic mass is 35.5. The normalized spacial score (nSPS) is 17.4. The molecule has 0 saturated heterocycles.